The van der Waals surface area contributed by atoms with Gasteiger partial charge in [-0.05, 0) is 20.8 Å². The Hall–Kier alpha value is -1.36. The van der Waals surface area contributed by atoms with Crippen molar-refractivity contribution in [3.63, 3.8) is 0 Å². The van der Waals surface area contributed by atoms with Crippen LogP contribution in [0.3, 0.4) is 0 Å². The Balaban J connectivity index is 2.69. The van der Waals surface area contributed by atoms with Gasteiger partial charge in [-0.3, -0.25) is 0 Å². The number of anilines is 2. The normalized spacial score (nSPS) is 11.2. The molecule has 90 valence electrons. The van der Waals surface area contributed by atoms with Crippen LogP contribution in [0, 0.1) is 0 Å². The molecule has 5 nitrogen and oxygen atoms in total. The third-order valence-electron chi connectivity index (χ3n) is 2.00. The molecule has 2 N–H and O–H groups in total. The number of nitrogens with zero attached hydrogens (tertiary/aromatic N) is 2. The van der Waals surface area contributed by atoms with Crippen LogP contribution in [0.15, 0.2) is 12.4 Å². The monoisotopic (exact) mass is 224 g/mol. The highest BCUT2D eigenvalue weighted by Crippen LogP contribution is 2.14. The first-order valence-electron chi connectivity index (χ1n) is 5.40. The van der Waals surface area contributed by atoms with Gasteiger partial charge in [0.1, 0.15) is 18.0 Å². The zero-order chi connectivity index (χ0) is 12.0. The highest BCUT2D eigenvalue weighted by atomic mass is 16.5. The second kappa shape index (κ2) is 5.65. The summed E-state index contributed by atoms with van der Waals surface area (Å²) >= 11 is 0. The van der Waals surface area contributed by atoms with E-state index >= 15 is 0 Å². The lowest BCUT2D eigenvalue weighted by Gasteiger charge is -2.25. The first-order chi connectivity index (χ1) is 7.57. The zero-order valence-corrected chi connectivity index (χ0v) is 10.4. The molecule has 0 saturated heterocycles. The van der Waals surface area contributed by atoms with Crippen molar-refractivity contribution in [3.8, 4) is 0 Å². The maximum absolute atomic E-state index is 5.14. The summed E-state index contributed by atoms with van der Waals surface area (Å²) in [6, 6.07) is 1.89. The molecule has 1 rings (SSSR count). The van der Waals surface area contributed by atoms with Gasteiger partial charge in [0, 0.05) is 19.7 Å². The van der Waals surface area contributed by atoms with Crippen molar-refractivity contribution in [2.45, 2.75) is 26.3 Å². The van der Waals surface area contributed by atoms with Crippen LogP contribution < -0.4 is 10.6 Å². The number of aromatic nitrogens is 2. The fourth-order valence-electron chi connectivity index (χ4n) is 1.45. The van der Waals surface area contributed by atoms with Gasteiger partial charge in [0.15, 0.2) is 0 Å². The SMILES string of the molecule is CCNc1cc(NC(C)(C)COC)ncn1. The lowest BCUT2D eigenvalue weighted by atomic mass is 10.1. The van der Waals surface area contributed by atoms with E-state index in [0.29, 0.717) is 6.61 Å². The second-order valence-electron chi connectivity index (χ2n) is 4.26. The molecule has 0 amide bonds. The topological polar surface area (TPSA) is 59.1 Å². The standard InChI is InChI=1S/C11H20N4O/c1-5-12-9-6-10(14-8-13-9)15-11(2,3)7-16-4/h6,8H,5,7H2,1-4H3,(H2,12,13,14,15). The Bertz CT molecular complexity index is 328. The van der Waals surface area contributed by atoms with Crippen LogP contribution in [-0.2, 0) is 4.74 Å². The van der Waals surface area contributed by atoms with Crippen LogP contribution >= 0.6 is 0 Å². The van der Waals surface area contributed by atoms with Gasteiger partial charge in [0.2, 0.25) is 0 Å². The quantitative estimate of drug-likeness (QED) is 0.771. The van der Waals surface area contributed by atoms with Crippen molar-refractivity contribution in [1.29, 1.82) is 0 Å². The second-order valence-corrected chi connectivity index (χ2v) is 4.26. The predicted molar refractivity (Wildman–Crippen MR) is 65.8 cm³/mol. The van der Waals surface area contributed by atoms with Gasteiger partial charge >= 0.3 is 0 Å². The van der Waals surface area contributed by atoms with Crippen molar-refractivity contribution in [2.24, 2.45) is 0 Å². The maximum Gasteiger partial charge on any atom is 0.131 e. The molecule has 0 aliphatic rings. The molecule has 0 fully saturated rings. The minimum atomic E-state index is -0.146. The van der Waals surface area contributed by atoms with E-state index < -0.39 is 0 Å². The van der Waals surface area contributed by atoms with Crippen LogP contribution in [0.1, 0.15) is 20.8 Å². The van der Waals surface area contributed by atoms with Crippen molar-refractivity contribution in [2.75, 3.05) is 30.9 Å². The smallest absolute Gasteiger partial charge is 0.131 e. The summed E-state index contributed by atoms with van der Waals surface area (Å²) in [5, 5.41) is 6.45. The zero-order valence-electron chi connectivity index (χ0n) is 10.4. The van der Waals surface area contributed by atoms with Gasteiger partial charge in [-0.1, -0.05) is 0 Å². The predicted octanol–water partition coefficient (Wildman–Crippen LogP) is 1.75. The lowest BCUT2D eigenvalue weighted by molar-refractivity contribution is 0.158. The van der Waals surface area contributed by atoms with Gasteiger partial charge < -0.3 is 15.4 Å². The average Bonchev–Trinajstić information content (AvgIpc) is 2.17. The van der Waals surface area contributed by atoms with E-state index in [9.17, 15) is 0 Å². The molecule has 1 aromatic rings. The fourth-order valence-corrected chi connectivity index (χ4v) is 1.45. The lowest BCUT2D eigenvalue weighted by Crippen LogP contribution is -2.36. The molecule has 0 radical (unpaired) electrons. The van der Waals surface area contributed by atoms with Crippen molar-refractivity contribution >= 4 is 11.6 Å². The van der Waals surface area contributed by atoms with Gasteiger partial charge in [-0.15, -0.1) is 0 Å². The van der Waals surface area contributed by atoms with Crippen molar-refractivity contribution in [3.05, 3.63) is 12.4 Å². The Labute approximate surface area is 96.6 Å². The minimum Gasteiger partial charge on any atom is -0.382 e. The molecule has 5 heteroatoms. The number of hydrogen-bond donors (Lipinski definition) is 2. The molecule has 0 spiro atoms. The van der Waals surface area contributed by atoms with E-state index in [2.05, 4.69) is 34.4 Å². The van der Waals surface area contributed by atoms with E-state index in [1.54, 1.807) is 13.4 Å². The summed E-state index contributed by atoms with van der Waals surface area (Å²) < 4.78 is 5.14. The first-order valence-corrected chi connectivity index (χ1v) is 5.40. The maximum atomic E-state index is 5.14. The van der Waals surface area contributed by atoms with Crippen LogP contribution in [0.5, 0.6) is 0 Å². The molecule has 0 atom stereocenters. The molecule has 0 aliphatic heterocycles. The summed E-state index contributed by atoms with van der Waals surface area (Å²) in [5.41, 5.74) is -0.146. The van der Waals surface area contributed by atoms with Crippen LogP contribution in [0.2, 0.25) is 0 Å². The van der Waals surface area contributed by atoms with Gasteiger partial charge in [0.05, 0.1) is 12.1 Å². The Morgan fingerprint density at radius 1 is 1.31 bits per heavy atom. The molecule has 0 unspecified atom stereocenters. The summed E-state index contributed by atoms with van der Waals surface area (Å²) in [6.07, 6.45) is 1.54. The summed E-state index contributed by atoms with van der Waals surface area (Å²) in [6.45, 7) is 7.62. The Morgan fingerprint density at radius 2 is 2.00 bits per heavy atom. The third kappa shape index (κ3) is 4.02. The number of ether oxygens (including phenoxy) is 1. The molecule has 0 aliphatic carbocycles. The molecule has 1 aromatic heterocycles. The average molecular weight is 224 g/mol. The highest BCUT2D eigenvalue weighted by Gasteiger charge is 2.17. The third-order valence-corrected chi connectivity index (χ3v) is 2.00. The van der Waals surface area contributed by atoms with Crippen molar-refractivity contribution < 1.29 is 4.74 Å². The van der Waals surface area contributed by atoms with Crippen LogP contribution in [-0.4, -0.2) is 35.8 Å². The van der Waals surface area contributed by atoms with Crippen molar-refractivity contribution in [1.82, 2.24) is 9.97 Å². The summed E-state index contributed by atoms with van der Waals surface area (Å²) in [4.78, 5) is 8.28. The molecular weight excluding hydrogens is 204 g/mol. The molecular formula is C11H20N4O. The van der Waals surface area contributed by atoms with Gasteiger partial charge in [-0.2, -0.15) is 0 Å². The number of rotatable bonds is 6. The number of methoxy groups -OCH3 is 1. The number of hydrogen-bond acceptors (Lipinski definition) is 5. The first kappa shape index (κ1) is 12.7. The Kier molecular flexibility index (Phi) is 4.49. The molecule has 0 aromatic carbocycles. The molecule has 1 heterocycles. The summed E-state index contributed by atoms with van der Waals surface area (Å²) in [5.74, 6) is 1.63. The fraction of sp³-hybridized carbons (Fsp3) is 0.636. The van der Waals surface area contributed by atoms with E-state index in [1.165, 1.54) is 0 Å². The van der Waals surface area contributed by atoms with E-state index in [4.69, 9.17) is 4.74 Å². The molecule has 0 saturated carbocycles. The Morgan fingerprint density at radius 3 is 2.62 bits per heavy atom. The van der Waals surface area contributed by atoms with Gasteiger partial charge in [0.25, 0.3) is 0 Å². The highest BCUT2D eigenvalue weighted by molar-refractivity contribution is 5.47. The largest absolute Gasteiger partial charge is 0.382 e. The minimum absolute atomic E-state index is 0.146. The number of nitrogens with one attached hydrogen (secondary N) is 2. The molecule has 16 heavy (non-hydrogen) atoms. The van der Waals surface area contributed by atoms with E-state index in [1.807, 2.05) is 13.0 Å². The summed E-state index contributed by atoms with van der Waals surface area (Å²) in [7, 11) is 1.69. The van der Waals surface area contributed by atoms with Gasteiger partial charge in [-0.25, -0.2) is 9.97 Å². The van der Waals surface area contributed by atoms with E-state index in [0.717, 1.165) is 18.2 Å². The van der Waals surface area contributed by atoms with Crippen LogP contribution in [0.25, 0.3) is 0 Å². The van der Waals surface area contributed by atoms with Crippen LogP contribution in [0.4, 0.5) is 11.6 Å². The molecule has 0 bridgehead atoms. The van der Waals surface area contributed by atoms with E-state index in [-0.39, 0.29) is 5.54 Å².